The lowest BCUT2D eigenvalue weighted by molar-refractivity contribution is -0.184. The average molecular weight is 545 g/mol. The molecule has 1 amide bonds. The Kier molecular flexibility index (Phi) is 7.28. The van der Waals surface area contributed by atoms with Crippen LogP contribution in [0.25, 0.3) is 28.1 Å². The Labute approximate surface area is 221 Å². The highest BCUT2D eigenvalue weighted by Crippen LogP contribution is 2.40. The number of benzene rings is 1. The summed E-state index contributed by atoms with van der Waals surface area (Å²) in [5.74, 6) is 0.796. The van der Waals surface area contributed by atoms with Gasteiger partial charge in [0, 0.05) is 43.9 Å². The molecule has 5 rings (SSSR count). The van der Waals surface area contributed by atoms with Gasteiger partial charge in [-0.25, -0.2) is 9.78 Å². The minimum Gasteiger partial charge on any atom is -0.490 e. The predicted octanol–water partition coefficient (Wildman–Crippen LogP) is 4.30. The topological polar surface area (TPSA) is 114 Å². The molecule has 4 aromatic rings. The van der Waals surface area contributed by atoms with Crippen LogP contribution < -0.4 is 10.1 Å². The number of aromatic nitrogens is 4. The van der Waals surface area contributed by atoms with Crippen molar-refractivity contribution in [2.45, 2.75) is 37.7 Å². The van der Waals surface area contributed by atoms with Crippen LogP contribution in [0.2, 0.25) is 0 Å². The Bertz CT molecular complexity index is 1490. The van der Waals surface area contributed by atoms with Gasteiger partial charge in [0.1, 0.15) is 24.1 Å². The first-order valence-electron chi connectivity index (χ1n) is 12.3. The standard InChI is InChI=1S/C26H27F3N6O4/c1-15(38-2)14-39-21-11-20(31-19-6-4-3-5-18(19)21)24-33-32-22-8-7-16(12-35(22)24)23(26(27,28)29)34-10-9-17(13-34)30-25(36)37/h3-8,11-12,15,17,23,30H,9-10,13-14H2,1-2H3,(H,36,37)/t15-,17+,23-/m1/s1. The molecule has 3 aromatic heterocycles. The molecule has 1 saturated heterocycles. The molecule has 0 radical (unpaired) electrons. The number of methoxy groups -OCH3 is 1. The SMILES string of the molecule is CO[C@H](C)COc1cc(-c2nnc3ccc([C@@H](N4CC[C@H](NC(=O)O)C4)C(F)(F)F)cn23)nc2ccccc12. The van der Waals surface area contributed by atoms with Crippen LogP contribution in [0, 0.1) is 0 Å². The highest BCUT2D eigenvalue weighted by molar-refractivity contribution is 5.87. The van der Waals surface area contributed by atoms with E-state index in [4.69, 9.17) is 14.6 Å². The third kappa shape index (κ3) is 5.59. The fourth-order valence-corrected chi connectivity index (χ4v) is 4.82. The first kappa shape index (κ1) is 26.6. The van der Waals surface area contributed by atoms with Gasteiger partial charge in [-0.05, 0) is 37.1 Å². The van der Waals surface area contributed by atoms with E-state index in [9.17, 15) is 18.0 Å². The van der Waals surface area contributed by atoms with Crippen LogP contribution in [0.5, 0.6) is 5.75 Å². The lowest BCUT2D eigenvalue weighted by atomic mass is 10.1. The first-order valence-corrected chi connectivity index (χ1v) is 12.3. The number of likely N-dealkylation sites (tertiary alicyclic amines) is 1. The third-order valence-electron chi connectivity index (χ3n) is 6.75. The number of carboxylic acid groups (broad SMARTS) is 1. The van der Waals surface area contributed by atoms with Crippen molar-refractivity contribution in [1.29, 1.82) is 0 Å². The van der Waals surface area contributed by atoms with Crippen molar-refractivity contribution in [2.24, 2.45) is 0 Å². The Morgan fingerprint density at radius 1 is 1.23 bits per heavy atom. The summed E-state index contributed by atoms with van der Waals surface area (Å²) in [6.45, 7) is 2.19. The fraction of sp³-hybridized carbons (Fsp3) is 0.385. The molecular formula is C26H27F3N6O4. The quantitative estimate of drug-likeness (QED) is 0.338. The lowest BCUT2D eigenvalue weighted by Gasteiger charge is -2.30. The minimum atomic E-state index is -4.60. The van der Waals surface area contributed by atoms with Gasteiger partial charge in [-0.15, -0.1) is 10.2 Å². The molecule has 1 aliphatic heterocycles. The Hall–Kier alpha value is -3.97. The van der Waals surface area contributed by atoms with Crippen molar-refractivity contribution in [2.75, 3.05) is 26.8 Å². The Balaban J connectivity index is 1.54. The number of hydrogen-bond acceptors (Lipinski definition) is 7. The summed E-state index contributed by atoms with van der Waals surface area (Å²) in [5.41, 5.74) is 1.35. The molecule has 0 saturated carbocycles. The summed E-state index contributed by atoms with van der Waals surface area (Å²) in [7, 11) is 1.59. The molecular weight excluding hydrogens is 517 g/mol. The molecule has 206 valence electrons. The van der Waals surface area contributed by atoms with E-state index in [1.165, 1.54) is 27.6 Å². The molecule has 1 aromatic carbocycles. The highest BCUT2D eigenvalue weighted by atomic mass is 19.4. The van der Waals surface area contributed by atoms with Crippen LogP contribution in [0.3, 0.4) is 0 Å². The molecule has 3 atom stereocenters. The van der Waals surface area contributed by atoms with Crippen molar-refractivity contribution < 1.29 is 32.5 Å². The molecule has 10 nitrogen and oxygen atoms in total. The van der Waals surface area contributed by atoms with E-state index < -0.39 is 24.4 Å². The molecule has 4 heterocycles. The number of alkyl halides is 3. The maximum absolute atomic E-state index is 14.3. The maximum atomic E-state index is 14.3. The molecule has 0 spiro atoms. The molecule has 1 aliphatic rings. The summed E-state index contributed by atoms with van der Waals surface area (Å²) in [4.78, 5) is 16.9. The number of pyridine rings is 2. The monoisotopic (exact) mass is 544 g/mol. The number of carbonyl (C=O) groups is 1. The smallest absolute Gasteiger partial charge is 0.408 e. The predicted molar refractivity (Wildman–Crippen MR) is 136 cm³/mol. The zero-order valence-corrected chi connectivity index (χ0v) is 21.2. The van der Waals surface area contributed by atoms with Gasteiger partial charge in [-0.2, -0.15) is 13.2 Å². The summed E-state index contributed by atoms with van der Waals surface area (Å²) in [5, 5.41) is 20.4. The number of rotatable bonds is 8. The van der Waals surface area contributed by atoms with Gasteiger partial charge >= 0.3 is 12.3 Å². The Morgan fingerprint density at radius 3 is 2.77 bits per heavy atom. The third-order valence-corrected chi connectivity index (χ3v) is 6.75. The van der Waals surface area contributed by atoms with Crippen LogP contribution in [0.1, 0.15) is 24.9 Å². The normalized spacial score (nSPS) is 17.9. The molecule has 2 N–H and O–H groups in total. The van der Waals surface area contributed by atoms with Crippen molar-refractivity contribution >= 4 is 22.6 Å². The van der Waals surface area contributed by atoms with Crippen LogP contribution in [0.15, 0.2) is 48.7 Å². The molecule has 13 heteroatoms. The van der Waals surface area contributed by atoms with Crippen molar-refractivity contribution in [3.8, 4) is 17.3 Å². The number of para-hydroxylation sites is 1. The molecule has 0 bridgehead atoms. The summed E-state index contributed by atoms with van der Waals surface area (Å²) >= 11 is 0. The number of nitrogens with one attached hydrogen (secondary N) is 1. The van der Waals surface area contributed by atoms with Gasteiger partial charge in [0.05, 0.1) is 11.6 Å². The second-order valence-corrected chi connectivity index (χ2v) is 9.47. The fourth-order valence-electron chi connectivity index (χ4n) is 4.82. The zero-order chi connectivity index (χ0) is 27.7. The molecule has 39 heavy (non-hydrogen) atoms. The summed E-state index contributed by atoms with van der Waals surface area (Å²) in [6.07, 6.45) is -4.37. The lowest BCUT2D eigenvalue weighted by Crippen LogP contribution is -2.40. The van der Waals surface area contributed by atoms with Gasteiger partial charge in [-0.1, -0.05) is 18.2 Å². The number of fused-ring (bicyclic) bond motifs is 2. The van der Waals surface area contributed by atoms with Gasteiger partial charge in [0.15, 0.2) is 11.5 Å². The largest absolute Gasteiger partial charge is 0.490 e. The van der Waals surface area contributed by atoms with Crippen LogP contribution in [0.4, 0.5) is 18.0 Å². The van der Waals surface area contributed by atoms with E-state index >= 15 is 0 Å². The van der Waals surface area contributed by atoms with E-state index in [0.29, 0.717) is 22.6 Å². The summed E-state index contributed by atoms with van der Waals surface area (Å²) in [6, 6.07) is 9.41. The molecule has 1 fully saturated rings. The number of nitrogens with zero attached hydrogens (tertiary/aromatic N) is 5. The van der Waals surface area contributed by atoms with Gasteiger partial charge in [-0.3, -0.25) is 9.30 Å². The van der Waals surface area contributed by atoms with Crippen LogP contribution >= 0.6 is 0 Å². The van der Waals surface area contributed by atoms with Gasteiger partial charge in [0.2, 0.25) is 0 Å². The molecule has 0 aliphatic carbocycles. The second kappa shape index (κ2) is 10.7. The van der Waals surface area contributed by atoms with E-state index in [2.05, 4.69) is 20.5 Å². The van der Waals surface area contributed by atoms with E-state index in [1.807, 2.05) is 31.2 Å². The average Bonchev–Trinajstić information content (AvgIpc) is 3.52. The van der Waals surface area contributed by atoms with E-state index in [0.717, 1.165) is 5.39 Å². The van der Waals surface area contributed by atoms with Crippen LogP contribution in [-0.4, -0.2) is 80.8 Å². The number of amides is 1. The Morgan fingerprint density at radius 2 is 2.03 bits per heavy atom. The first-order chi connectivity index (χ1) is 18.6. The van der Waals surface area contributed by atoms with Crippen molar-refractivity contribution in [1.82, 2.24) is 29.8 Å². The molecule has 0 unspecified atom stereocenters. The highest BCUT2D eigenvalue weighted by Gasteiger charge is 2.47. The number of ether oxygens (including phenoxy) is 2. The van der Waals surface area contributed by atoms with Crippen molar-refractivity contribution in [3.63, 3.8) is 0 Å². The zero-order valence-electron chi connectivity index (χ0n) is 21.2. The van der Waals surface area contributed by atoms with Gasteiger partial charge in [0.25, 0.3) is 0 Å². The second-order valence-electron chi connectivity index (χ2n) is 9.47. The van der Waals surface area contributed by atoms with Gasteiger partial charge < -0.3 is 19.9 Å². The summed E-state index contributed by atoms with van der Waals surface area (Å²) < 4.78 is 55.8. The van der Waals surface area contributed by atoms with E-state index in [1.54, 1.807) is 13.2 Å². The van der Waals surface area contributed by atoms with Crippen LogP contribution in [-0.2, 0) is 4.74 Å². The maximum Gasteiger partial charge on any atom is 0.408 e. The van der Waals surface area contributed by atoms with E-state index in [-0.39, 0.29) is 43.6 Å². The minimum absolute atomic E-state index is 0.0155. The number of halogens is 3. The number of hydrogen-bond donors (Lipinski definition) is 2. The van der Waals surface area contributed by atoms with Crippen molar-refractivity contribution in [3.05, 3.63) is 54.2 Å².